The summed E-state index contributed by atoms with van der Waals surface area (Å²) >= 11 is 0. The van der Waals surface area contributed by atoms with Gasteiger partial charge in [-0.15, -0.1) is 0 Å². The van der Waals surface area contributed by atoms with Gasteiger partial charge in [0.05, 0.1) is 31.0 Å². The summed E-state index contributed by atoms with van der Waals surface area (Å²) in [5.74, 6) is -3.78. The summed E-state index contributed by atoms with van der Waals surface area (Å²) in [6.07, 6.45) is 3.99. The van der Waals surface area contributed by atoms with Crippen LogP contribution in [0.2, 0.25) is 0 Å². The predicted molar refractivity (Wildman–Crippen MR) is 109 cm³/mol. The number of hydrogen-bond acceptors (Lipinski definition) is 8. The Balaban J connectivity index is 1.80. The molecular weight excluding hydrogens is 408 g/mol. The Morgan fingerprint density at radius 3 is 2.77 bits per heavy atom. The standard InChI is InChI=1S/C20H25F2N7O2/c1-19(2,3)31-17(30)5-13-6-20(21,22)12-29(10-13)16-9-24-15(7-23)18(27-16)26-14-8-25-28(4)11-14/h8-9,11,13H,5-6,10,12H2,1-4H3,(H,26,27). The highest BCUT2D eigenvalue weighted by atomic mass is 19.3. The van der Waals surface area contributed by atoms with Crippen LogP contribution in [0.4, 0.5) is 26.1 Å². The molecule has 0 bridgehead atoms. The van der Waals surface area contributed by atoms with Crippen molar-refractivity contribution in [3.05, 3.63) is 24.3 Å². The summed E-state index contributed by atoms with van der Waals surface area (Å²) < 4.78 is 35.8. The Bertz CT molecular complexity index is 994. The number of esters is 1. The summed E-state index contributed by atoms with van der Waals surface area (Å²) in [5.41, 5.74) is -0.0710. The zero-order valence-corrected chi connectivity index (χ0v) is 17.9. The fourth-order valence-corrected chi connectivity index (χ4v) is 3.46. The van der Waals surface area contributed by atoms with Gasteiger partial charge in [0, 0.05) is 26.2 Å². The highest BCUT2D eigenvalue weighted by Gasteiger charge is 2.42. The molecule has 2 aromatic heterocycles. The summed E-state index contributed by atoms with van der Waals surface area (Å²) in [4.78, 5) is 22.0. The van der Waals surface area contributed by atoms with Gasteiger partial charge in [0.1, 0.15) is 17.5 Å². The zero-order valence-electron chi connectivity index (χ0n) is 17.9. The number of alkyl halides is 2. The van der Waals surface area contributed by atoms with E-state index in [-0.39, 0.29) is 30.3 Å². The topological polar surface area (TPSA) is 109 Å². The first-order valence-electron chi connectivity index (χ1n) is 9.81. The molecule has 0 saturated carbocycles. The molecule has 3 rings (SSSR count). The number of hydrogen-bond donors (Lipinski definition) is 1. The number of aromatic nitrogens is 4. The number of rotatable bonds is 5. The first kappa shape index (κ1) is 22.4. The van der Waals surface area contributed by atoms with Crippen LogP contribution < -0.4 is 10.2 Å². The molecule has 1 aliphatic rings. The SMILES string of the molecule is Cn1cc(Nc2nc(N3CC(CC(=O)OC(C)(C)C)CC(F)(F)C3)cnc2C#N)cn1. The number of nitrogens with one attached hydrogen (secondary N) is 1. The van der Waals surface area contributed by atoms with Crippen LogP contribution in [0, 0.1) is 17.2 Å². The van der Waals surface area contributed by atoms with E-state index in [4.69, 9.17) is 4.74 Å². The number of anilines is 3. The highest BCUT2D eigenvalue weighted by molar-refractivity contribution is 5.70. The van der Waals surface area contributed by atoms with Crippen LogP contribution in [0.1, 0.15) is 39.3 Å². The highest BCUT2D eigenvalue weighted by Crippen LogP contribution is 2.35. The molecule has 1 atom stereocenters. The normalized spacial score (nSPS) is 18.4. The van der Waals surface area contributed by atoms with Gasteiger partial charge in [-0.1, -0.05) is 0 Å². The number of carbonyl (C=O) groups excluding carboxylic acids is 1. The molecule has 1 N–H and O–H groups in total. The maximum Gasteiger partial charge on any atom is 0.306 e. The van der Waals surface area contributed by atoms with Gasteiger partial charge in [-0.05, 0) is 26.7 Å². The quantitative estimate of drug-likeness (QED) is 0.717. The van der Waals surface area contributed by atoms with Gasteiger partial charge in [-0.25, -0.2) is 18.7 Å². The minimum atomic E-state index is -3.00. The van der Waals surface area contributed by atoms with Gasteiger partial charge < -0.3 is 15.0 Å². The molecule has 0 amide bonds. The zero-order chi connectivity index (χ0) is 22.8. The largest absolute Gasteiger partial charge is 0.460 e. The summed E-state index contributed by atoms with van der Waals surface area (Å²) in [6.45, 7) is 4.84. The van der Waals surface area contributed by atoms with Gasteiger partial charge in [0.15, 0.2) is 11.5 Å². The average molecular weight is 433 g/mol. The fraction of sp³-hybridized carbons (Fsp3) is 0.550. The van der Waals surface area contributed by atoms with Crippen molar-refractivity contribution in [3.8, 4) is 6.07 Å². The van der Waals surface area contributed by atoms with E-state index in [9.17, 15) is 18.8 Å². The molecule has 0 aliphatic carbocycles. The summed E-state index contributed by atoms with van der Waals surface area (Å²) in [5, 5.41) is 16.3. The van der Waals surface area contributed by atoms with Crippen molar-refractivity contribution in [2.75, 3.05) is 23.3 Å². The van der Waals surface area contributed by atoms with E-state index >= 15 is 0 Å². The number of nitriles is 1. The van der Waals surface area contributed by atoms with Gasteiger partial charge in [0.25, 0.3) is 5.92 Å². The predicted octanol–water partition coefficient (Wildman–Crippen LogP) is 3.02. The van der Waals surface area contributed by atoms with Crippen LogP contribution in [0.5, 0.6) is 0 Å². The van der Waals surface area contributed by atoms with Gasteiger partial charge in [-0.2, -0.15) is 10.4 Å². The second-order valence-corrected chi connectivity index (χ2v) is 8.66. The first-order chi connectivity index (χ1) is 14.4. The number of nitrogens with zero attached hydrogens (tertiary/aromatic N) is 6. The Morgan fingerprint density at radius 2 is 2.16 bits per heavy atom. The van der Waals surface area contributed by atoms with Crippen molar-refractivity contribution >= 4 is 23.3 Å². The van der Waals surface area contributed by atoms with Crippen LogP contribution in [0.3, 0.4) is 0 Å². The Labute approximate surface area is 179 Å². The van der Waals surface area contributed by atoms with Crippen molar-refractivity contribution in [2.45, 2.75) is 45.1 Å². The molecule has 11 heteroatoms. The molecular formula is C20H25F2N7O2. The molecule has 9 nitrogen and oxygen atoms in total. The molecule has 166 valence electrons. The molecule has 3 heterocycles. The molecule has 0 spiro atoms. The fourth-order valence-electron chi connectivity index (χ4n) is 3.46. The molecule has 1 unspecified atom stereocenters. The van der Waals surface area contributed by atoms with Crippen LogP contribution in [0.25, 0.3) is 0 Å². The second-order valence-electron chi connectivity index (χ2n) is 8.66. The van der Waals surface area contributed by atoms with Crippen LogP contribution in [-0.4, -0.2) is 50.3 Å². The van der Waals surface area contributed by atoms with E-state index in [0.717, 1.165) is 0 Å². The molecule has 1 fully saturated rings. The molecule has 31 heavy (non-hydrogen) atoms. The maximum atomic E-state index is 14.5. The lowest BCUT2D eigenvalue weighted by atomic mass is 9.92. The third-order valence-electron chi connectivity index (χ3n) is 4.52. The maximum absolute atomic E-state index is 14.5. The van der Waals surface area contributed by atoms with Crippen LogP contribution in [-0.2, 0) is 16.6 Å². The van der Waals surface area contributed by atoms with Crippen LogP contribution in [0.15, 0.2) is 18.6 Å². The molecule has 1 aliphatic heterocycles. The van der Waals surface area contributed by atoms with Crippen molar-refractivity contribution in [1.29, 1.82) is 5.26 Å². The number of piperidine rings is 1. The first-order valence-corrected chi connectivity index (χ1v) is 9.81. The van der Waals surface area contributed by atoms with E-state index in [2.05, 4.69) is 20.4 Å². The molecule has 0 radical (unpaired) electrons. The third kappa shape index (κ3) is 6.10. The van der Waals surface area contributed by atoms with Gasteiger partial charge >= 0.3 is 5.97 Å². The van der Waals surface area contributed by atoms with Crippen molar-refractivity contribution in [3.63, 3.8) is 0 Å². The number of halogens is 2. The van der Waals surface area contributed by atoms with E-state index in [1.54, 1.807) is 44.9 Å². The lowest BCUT2D eigenvalue weighted by Crippen LogP contribution is -2.48. The second kappa shape index (κ2) is 8.45. The minimum absolute atomic E-state index is 0.0293. The van der Waals surface area contributed by atoms with Crippen molar-refractivity contribution < 1.29 is 18.3 Å². The van der Waals surface area contributed by atoms with E-state index in [0.29, 0.717) is 5.69 Å². The van der Waals surface area contributed by atoms with Crippen LogP contribution >= 0.6 is 0 Å². The average Bonchev–Trinajstić information content (AvgIpc) is 3.03. The molecule has 1 saturated heterocycles. The lowest BCUT2D eigenvalue weighted by Gasteiger charge is -2.38. The smallest absolute Gasteiger partial charge is 0.306 e. The Hall–Kier alpha value is -3.29. The van der Waals surface area contributed by atoms with E-state index in [1.807, 2.05) is 6.07 Å². The Morgan fingerprint density at radius 1 is 1.42 bits per heavy atom. The van der Waals surface area contributed by atoms with Gasteiger partial charge in [0.2, 0.25) is 0 Å². The molecule has 0 aromatic carbocycles. The van der Waals surface area contributed by atoms with Crippen molar-refractivity contribution in [2.24, 2.45) is 13.0 Å². The summed E-state index contributed by atoms with van der Waals surface area (Å²) in [7, 11) is 1.74. The number of aryl methyl sites for hydroxylation is 1. The van der Waals surface area contributed by atoms with Gasteiger partial charge in [-0.3, -0.25) is 9.48 Å². The summed E-state index contributed by atoms with van der Waals surface area (Å²) in [6, 6.07) is 1.93. The number of ether oxygens (including phenoxy) is 1. The minimum Gasteiger partial charge on any atom is -0.460 e. The molecule has 2 aromatic rings. The lowest BCUT2D eigenvalue weighted by molar-refractivity contribution is -0.156. The van der Waals surface area contributed by atoms with E-state index < -0.39 is 36.4 Å². The number of carbonyl (C=O) groups is 1. The van der Waals surface area contributed by atoms with E-state index in [1.165, 1.54) is 11.1 Å². The Kier molecular flexibility index (Phi) is 6.10. The van der Waals surface area contributed by atoms with Crippen molar-refractivity contribution in [1.82, 2.24) is 19.7 Å². The monoisotopic (exact) mass is 433 g/mol. The third-order valence-corrected chi connectivity index (χ3v) is 4.52.